The lowest BCUT2D eigenvalue weighted by molar-refractivity contribution is -0.117. The molecule has 0 saturated carbocycles. The molecular formula is C12H17N3O3S. The Labute approximate surface area is 112 Å². The van der Waals surface area contributed by atoms with Crippen molar-refractivity contribution in [3.8, 4) is 0 Å². The molecule has 0 aliphatic rings. The number of nitrogens with one attached hydrogen (secondary N) is 2. The molecule has 4 N–H and O–H groups in total. The second-order valence-electron chi connectivity index (χ2n) is 3.85. The summed E-state index contributed by atoms with van der Waals surface area (Å²) >= 11 is 0. The maximum absolute atomic E-state index is 11.6. The van der Waals surface area contributed by atoms with Crippen molar-refractivity contribution in [3.63, 3.8) is 0 Å². The normalized spacial score (nSPS) is 12.7. The number of carbonyl (C=O) groups is 1. The lowest BCUT2D eigenvalue weighted by atomic mass is 10.2. The van der Waals surface area contributed by atoms with Gasteiger partial charge in [-0.05, 0) is 37.7 Å². The van der Waals surface area contributed by atoms with Gasteiger partial charge in [0.1, 0.15) is 0 Å². The molecule has 1 unspecified atom stereocenters. The first-order valence-corrected chi connectivity index (χ1v) is 7.10. The van der Waals surface area contributed by atoms with Crippen molar-refractivity contribution in [2.45, 2.75) is 17.4 Å². The van der Waals surface area contributed by atoms with E-state index in [-0.39, 0.29) is 10.8 Å². The Morgan fingerprint density at radius 1 is 1.42 bits per heavy atom. The highest BCUT2D eigenvalue weighted by molar-refractivity contribution is 7.89. The summed E-state index contributed by atoms with van der Waals surface area (Å²) in [6, 6.07) is 5.14. The summed E-state index contributed by atoms with van der Waals surface area (Å²) in [7, 11) is -2.14. The lowest BCUT2D eigenvalue weighted by Crippen LogP contribution is -2.35. The Kier molecular flexibility index (Phi) is 5.22. The first kappa shape index (κ1) is 15.4. The van der Waals surface area contributed by atoms with Crippen LogP contribution in [0, 0.1) is 0 Å². The van der Waals surface area contributed by atoms with Crippen LogP contribution >= 0.6 is 0 Å². The zero-order chi connectivity index (χ0) is 14.5. The van der Waals surface area contributed by atoms with Gasteiger partial charge in [0.15, 0.2) is 0 Å². The summed E-state index contributed by atoms with van der Waals surface area (Å²) < 4.78 is 25.2. The summed E-state index contributed by atoms with van der Waals surface area (Å²) in [5, 5.41) is 2.60. The van der Waals surface area contributed by atoms with Gasteiger partial charge < -0.3 is 11.1 Å². The van der Waals surface area contributed by atoms with Crippen molar-refractivity contribution < 1.29 is 13.2 Å². The molecule has 0 fully saturated rings. The average Bonchev–Trinajstić information content (AvgIpc) is 2.39. The summed E-state index contributed by atoms with van der Waals surface area (Å²) in [6.45, 7) is 3.50. The van der Waals surface area contributed by atoms with Crippen LogP contribution in [0.3, 0.4) is 0 Å². The van der Waals surface area contributed by atoms with E-state index in [0.717, 1.165) is 0 Å². The second-order valence-corrected chi connectivity index (χ2v) is 5.74. The topological polar surface area (TPSA) is 101 Å². The molecule has 0 saturated heterocycles. The zero-order valence-electron chi connectivity index (χ0n) is 10.6. The largest absolute Gasteiger partial charge is 0.325 e. The number of anilines is 1. The summed E-state index contributed by atoms with van der Waals surface area (Å²) in [5.41, 5.74) is 6.09. The van der Waals surface area contributed by atoms with E-state index in [0.29, 0.717) is 12.1 Å². The van der Waals surface area contributed by atoms with Crippen LogP contribution in [-0.4, -0.2) is 27.4 Å². The fourth-order valence-electron chi connectivity index (χ4n) is 1.36. The molecule has 1 aromatic rings. The molecule has 1 amide bonds. The predicted octanol–water partition coefficient (Wildman–Crippen LogP) is 0.437. The fourth-order valence-corrected chi connectivity index (χ4v) is 2.09. The Morgan fingerprint density at radius 2 is 2.00 bits per heavy atom. The van der Waals surface area contributed by atoms with Gasteiger partial charge in [0.2, 0.25) is 15.9 Å². The van der Waals surface area contributed by atoms with Crippen molar-refractivity contribution >= 4 is 21.6 Å². The molecule has 1 rings (SSSR count). The third kappa shape index (κ3) is 4.16. The molecule has 0 radical (unpaired) electrons. The van der Waals surface area contributed by atoms with Crippen molar-refractivity contribution in [3.05, 3.63) is 36.9 Å². The number of nitrogens with two attached hydrogens (primary N) is 1. The summed E-state index contributed by atoms with van der Waals surface area (Å²) in [5.74, 6) is -0.343. The van der Waals surface area contributed by atoms with E-state index in [4.69, 9.17) is 5.73 Å². The number of hydrogen-bond donors (Lipinski definition) is 3. The Morgan fingerprint density at radius 3 is 2.47 bits per heavy atom. The molecule has 6 nitrogen and oxygen atoms in total. The minimum atomic E-state index is -3.47. The third-order valence-corrected chi connectivity index (χ3v) is 3.89. The average molecular weight is 283 g/mol. The molecule has 7 heteroatoms. The van der Waals surface area contributed by atoms with Gasteiger partial charge in [0.25, 0.3) is 0 Å². The van der Waals surface area contributed by atoms with Gasteiger partial charge in [0.05, 0.1) is 10.9 Å². The number of carbonyl (C=O) groups excluding carboxylic acids is 1. The minimum Gasteiger partial charge on any atom is -0.325 e. The molecule has 19 heavy (non-hydrogen) atoms. The van der Waals surface area contributed by atoms with E-state index in [2.05, 4.69) is 16.6 Å². The Bertz CT molecular complexity index is 552. The van der Waals surface area contributed by atoms with E-state index < -0.39 is 16.1 Å². The Balaban J connectivity index is 2.78. The summed E-state index contributed by atoms with van der Waals surface area (Å²) in [6.07, 6.45) is 1.94. The highest BCUT2D eigenvalue weighted by atomic mass is 32.2. The summed E-state index contributed by atoms with van der Waals surface area (Å²) in [4.78, 5) is 11.8. The fraction of sp³-hybridized carbons (Fsp3) is 0.250. The van der Waals surface area contributed by atoms with Gasteiger partial charge in [0, 0.05) is 5.69 Å². The van der Waals surface area contributed by atoms with E-state index in [1.165, 1.54) is 31.3 Å². The maximum Gasteiger partial charge on any atom is 0.241 e. The van der Waals surface area contributed by atoms with Gasteiger partial charge in [-0.25, -0.2) is 13.1 Å². The number of sulfonamides is 1. The van der Waals surface area contributed by atoms with Gasteiger partial charge in [-0.2, -0.15) is 0 Å². The third-order valence-electron chi connectivity index (χ3n) is 2.46. The van der Waals surface area contributed by atoms with E-state index in [9.17, 15) is 13.2 Å². The zero-order valence-corrected chi connectivity index (χ0v) is 11.4. The number of amides is 1. The Hall–Kier alpha value is -1.70. The highest BCUT2D eigenvalue weighted by Crippen LogP contribution is 2.13. The first-order valence-electron chi connectivity index (χ1n) is 5.61. The first-order chi connectivity index (χ1) is 8.90. The molecule has 1 atom stereocenters. The van der Waals surface area contributed by atoms with Gasteiger partial charge >= 0.3 is 0 Å². The van der Waals surface area contributed by atoms with Crippen LogP contribution in [0.2, 0.25) is 0 Å². The SMILES string of the molecule is C=CCC(N)C(=O)Nc1ccc(S(=O)(=O)NC)cc1. The highest BCUT2D eigenvalue weighted by Gasteiger charge is 2.13. The second kappa shape index (κ2) is 6.46. The molecule has 0 aliphatic carbocycles. The van der Waals surface area contributed by atoms with Crippen LogP contribution in [0.1, 0.15) is 6.42 Å². The number of hydrogen-bond acceptors (Lipinski definition) is 4. The van der Waals surface area contributed by atoms with Crippen LogP contribution < -0.4 is 15.8 Å². The van der Waals surface area contributed by atoms with E-state index in [1.54, 1.807) is 6.08 Å². The van der Waals surface area contributed by atoms with Crippen molar-refractivity contribution in [2.24, 2.45) is 5.73 Å². The van der Waals surface area contributed by atoms with Crippen LogP contribution in [0.25, 0.3) is 0 Å². The quantitative estimate of drug-likeness (QED) is 0.659. The maximum atomic E-state index is 11.6. The lowest BCUT2D eigenvalue weighted by Gasteiger charge is -2.10. The molecule has 0 bridgehead atoms. The van der Waals surface area contributed by atoms with Gasteiger partial charge in [-0.15, -0.1) is 6.58 Å². The van der Waals surface area contributed by atoms with Crippen LogP contribution in [0.5, 0.6) is 0 Å². The molecule has 0 heterocycles. The smallest absolute Gasteiger partial charge is 0.241 e. The molecule has 0 spiro atoms. The molecular weight excluding hydrogens is 266 g/mol. The predicted molar refractivity (Wildman–Crippen MR) is 74.1 cm³/mol. The monoisotopic (exact) mass is 283 g/mol. The standard InChI is InChI=1S/C12H17N3O3S/c1-3-4-11(13)12(16)15-9-5-7-10(8-6-9)19(17,18)14-2/h3,5-8,11,14H,1,4,13H2,2H3,(H,15,16). The molecule has 1 aromatic carbocycles. The molecule has 0 aliphatic heterocycles. The van der Waals surface area contributed by atoms with Crippen molar-refractivity contribution in [1.82, 2.24) is 4.72 Å². The van der Waals surface area contributed by atoms with Crippen LogP contribution in [-0.2, 0) is 14.8 Å². The number of rotatable bonds is 6. The van der Waals surface area contributed by atoms with Crippen LogP contribution in [0.15, 0.2) is 41.8 Å². The van der Waals surface area contributed by atoms with E-state index >= 15 is 0 Å². The van der Waals surface area contributed by atoms with Gasteiger partial charge in [-0.1, -0.05) is 6.08 Å². The molecule has 0 aromatic heterocycles. The van der Waals surface area contributed by atoms with Crippen molar-refractivity contribution in [2.75, 3.05) is 12.4 Å². The molecule has 104 valence electrons. The van der Waals surface area contributed by atoms with Gasteiger partial charge in [-0.3, -0.25) is 4.79 Å². The number of benzene rings is 1. The van der Waals surface area contributed by atoms with E-state index in [1.807, 2.05) is 0 Å². The van der Waals surface area contributed by atoms with Crippen molar-refractivity contribution in [1.29, 1.82) is 0 Å². The minimum absolute atomic E-state index is 0.128. The van der Waals surface area contributed by atoms with Crippen LogP contribution in [0.4, 0.5) is 5.69 Å².